The highest BCUT2D eigenvalue weighted by Crippen LogP contribution is 2.32. The van der Waals surface area contributed by atoms with Crippen molar-refractivity contribution in [2.75, 3.05) is 20.2 Å². The second kappa shape index (κ2) is 9.62. The van der Waals surface area contributed by atoms with Crippen LogP contribution in [0.5, 0.6) is 5.75 Å². The maximum Gasteiger partial charge on any atom is 0.253 e. The summed E-state index contributed by atoms with van der Waals surface area (Å²) in [4.78, 5) is 19.1. The van der Waals surface area contributed by atoms with Crippen LogP contribution in [0.15, 0.2) is 47.3 Å². The van der Waals surface area contributed by atoms with Crippen molar-refractivity contribution in [1.82, 2.24) is 30.1 Å². The predicted molar refractivity (Wildman–Crippen MR) is 136 cm³/mol. The SMILES string of the molecule is COc1ccc(Cn2nnnc2[C@@H](c2cc3c(C)ccc(C)c3[nH]c2=O)N2CCC[C@@H](C)C2)cc1. The second-order valence-electron chi connectivity index (χ2n) is 9.73. The van der Waals surface area contributed by atoms with Gasteiger partial charge in [0, 0.05) is 17.5 Å². The van der Waals surface area contributed by atoms with Gasteiger partial charge < -0.3 is 9.72 Å². The number of tetrazole rings is 1. The van der Waals surface area contributed by atoms with Gasteiger partial charge in [0.2, 0.25) is 0 Å². The van der Waals surface area contributed by atoms with Crippen molar-refractivity contribution in [2.45, 2.75) is 46.2 Å². The van der Waals surface area contributed by atoms with Crippen LogP contribution >= 0.6 is 0 Å². The lowest BCUT2D eigenvalue weighted by molar-refractivity contribution is 0.141. The topological polar surface area (TPSA) is 88.9 Å². The van der Waals surface area contributed by atoms with Crippen molar-refractivity contribution in [3.63, 3.8) is 0 Å². The molecule has 0 spiro atoms. The summed E-state index contributed by atoms with van der Waals surface area (Å²) in [5.41, 5.74) is 4.74. The molecule has 1 aliphatic heterocycles. The second-order valence-corrected chi connectivity index (χ2v) is 9.73. The Morgan fingerprint density at radius 2 is 1.91 bits per heavy atom. The van der Waals surface area contributed by atoms with Crippen molar-refractivity contribution in [2.24, 2.45) is 5.92 Å². The number of ether oxygens (including phenoxy) is 1. The average molecular weight is 473 g/mol. The summed E-state index contributed by atoms with van der Waals surface area (Å²) in [6.45, 7) is 8.67. The van der Waals surface area contributed by atoms with Crippen LogP contribution in [0.4, 0.5) is 0 Å². The molecule has 182 valence electrons. The van der Waals surface area contributed by atoms with Crippen LogP contribution in [0.3, 0.4) is 0 Å². The molecular weight excluding hydrogens is 440 g/mol. The number of aryl methyl sites for hydroxylation is 2. The highest BCUT2D eigenvalue weighted by Gasteiger charge is 2.33. The van der Waals surface area contributed by atoms with E-state index in [1.54, 1.807) is 7.11 Å². The zero-order valence-corrected chi connectivity index (χ0v) is 20.8. The highest BCUT2D eigenvalue weighted by molar-refractivity contribution is 5.85. The standard InChI is InChI=1S/C27H32N6O2/c1-17-6-5-13-32(15-17)25(23-14-22-18(2)7-8-19(3)24(22)28-27(23)34)26-29-30-31-33(26)16-20-9-11-21(35-4)12-10-20/h7-12,14,17,25H,5-6,13,15-16H2,1-4H3,(H,28,34)/t17-,25-/m1/s1. The third kappa shape index (κ3) is 4.58. The third-order valence-corrected chi connectivity index (χ3v) is 7.12. The van der Waals surface area contributed by atoms with Crippen LogP contribution in [0, 0.1) is 19.8 Å². The number of H-pyrrole nitrogens is 1. The minimum Gasteiger partial charge on any atom is -0.497 e. The fourth-order valence-electron chi connectivity index (χ4n) is 5.18. The summed E-state index contributed by atoms with van der Waals surface area (Å²) in [6.07, 6.45) is 2.27. The Balaban J connectivity index is 1.62. The van der Waals surface area contributed by atoms with Crippen LogP contribution in [0.2, 0.25) is 0 Å². The number of fused-ring (bicyclic) bond motifs is 1. The molecule has 0 saturated carbocycles. The molecule has 1 N–H and O–H groups in total. The third-order valence-electron chi connectivity index (χ3n) is 7.12. The Morgan fingerprint density at radius 3 is 2.66 bits per heavy atom. The smallest absolute Gasteiger partial charge is 0.253 e. The van der Waals surface area contributed by atoms with Crippen LogP contribution in [0.25, 0.3) is 10.9 Å². The monoisotopic (exact) mass is 472 g/mol. The number of rotatable bonds is 6. The van der Waals surface area contributed by atoms with E-state index in [0.29, 0.717) is 23.9 Å². The number of nitrogens with one attached hydrogen (secondary N) is 1. The summed E-state index contributed by atoms with van der Waals surface area (Å²) >= 11 is 0. The summed E-state index contributed by atoms with van der Waals surface area (Å²) < 4.78 is 7.11. The minimum absolute atomic E-state index is 0.0894. The van der Waals surface area contributed by atoms with Crippen molar-refractivity contribution >= 4 is 10.9 Å². The summed E-state index contributed by atoms with van der Waals surface area (Å²) in [5.74, 6) is 2.03. The normalized spacial score (nSPS) is 17.5. The van der Waals surface area contributed by atoms with Crippen LogP contribution in [-0.2, 0) is 6.54 Å². The molecule has 1 aliphatic rings. The van der Waals surface area contributed by atoms with Gasteiger partial charge in [-0.05, 0) is 84.5 Å². The Morgan fingerprint density at radius 1 is 1.14 bits per heavy atom. The molecule has 8 heteroatoms. The molecule has 35 heavy (non-hydrogen) atoms. The molecule has 8 nitrogen and oxygen atoms in total. The molecule has 2 aromatic heterocycles. The molecular formula is C27H32N6O2. The Bertz CT molecular complexity index is 1390. The van der Waals surface area contributed by atoms with E-state index >= 15 is 0 Å². The van der Waals surface area contributed by atoms with Crippen molar-refractivity contribution in [3.8, 4) is 5.75 Å². The van der Waals surface area contributed by atoms with E-state index in [-0.39, 0.29) is 11.6 Å². The van der Waals surface area contributed by atoms with Gasteiger partial charge in [-0.1, -0.05) is 31.2 Å². The molecule has 0 aliphatic carbocycles. The molecule has 5 rings (SSSR count). The molecule has 1 saturated heterocycles. The first-order valence-electron chi connectivity index (χ1n) is 12.2. The number of hydrogen-bond acceptors (Lipinski definition) is 6. The number of hydrogen-bond donors (Lipinski definition) is 1. The number of pyridine rings is 1. The molecule has 0 bridgehead atoms. The van der Waals surface area contributed by atoms with Crippen molar-refractivity contribution < 1.29 is 4.74 Å². The lowest BCUT2D eigenvalue weighted by atomic mass is 9.95. The largest absolute Gasteiger partial charge is 0.497 e. The average Bonchev–Trinajstić information content (AvgIpc) is 3.30. The van der Waals surface area contributed by atoms with Gasteiger partial charge in [0.1, 0.15) is 11.8 Å². The van der Waals surface area contributed by atoms with Gasteiger partial charge >= 0.3 is 0 Å². The summed E-state index contributed by atoms with van der Waals surface area (Å²) in [6, 6.07) is 13.8. The Hall–Kier alpha value is -3.52. The van der Waals surface area contributed by atoms with Gasteiger partial charge in [-0.15, -0.1) is 5.10 Å². The molecule has 2 aromatic carbocycles. The van der Waals surface area contributed by atoms with E-state index in [2.05, 4.69) is 45.3 Å². The van der Waals surface area contributed by atoms with Crippen molar-refractivity contribution in [1.29, 1.82) is 0 Å². The number of nitrogens with zero attached hydrogens (tertiary/aromatic N) is 5. The predicted octanol–water partition coefficient (Wildman–Crippen LogP) is 4.01. The summed E-state index contributed by atoms with van der Waals surface area (Å²) in [5, 5.41) is 13.9. The van der Waals surface area contributed by atoms with Crippen LogP contribution < -0.4 is 10.3 Å². The molecule has 1 fully saturated rings. The molecule has 0 unspecified atom stereocenters. The van der Waals surface area contributed by atoms with E-state index in [4.69, 9.17) is 4.74 Å². The number of piperidine rings is 1. The number of aromatic nitrogens is 5. The molecule has 0 amide bonds. The minimum atomic E-state index is -0.334. The maximum absolute atomic E-state index is 13.5. The Kier molecular flexibility index (Phi) is 6.38. The first-order valence-corrected chi connectivity index (χ1v) is 12.2. The Labute approximate surface area is 204 Å². The van der Waals surface area contributed by atoms with Gasteiger partial charge in [-0.25, -0.2) is 4.68 Å². The lowest BCUT2D eigenvalue weighted by Gasteiger charge is -2.36. The van der Waals surface area contributed by atoms with E-state index in [9.17, 15) is 4.79 Å². The van der Waals surface area contributed by atoms with Crippen LogP contribution in [0.1, 0.15) is 53.9 Å². The fraction of sp³-hybridized carbons (Fsp3) is 0.407. The lowest BCUT2D eigenvalue weighted by Crippen LogP contribution is -2.41. The number of aromatic amines is 1. The number of benzene rings is 2. The molecule has 2 atom stereocenters. The van der Waals surface area contributed by atoms with Crippen molar-refractivity contribution in [3.05, 3.63) is 80.9 Å². The van der Waals surface area contributed by atoms with Gasteiger partial charge in [-0.3, -0.25) is 9.69 Å². The van der Waals surface area contributed by atoms with E-state index in [1.165, 1.54) is 6.42 Å². The van der Waals surface area contributed by atoms with Crippen LogP contribution in [-0.4, -0.2) is 50.3 Å². The first kappa shape index (κ1) is 23.2. The quantitative estimate of drug-likeness (QED) is 0.456. The highest BCUT2D eigenvalue weighted by atomic mass is 16.5. The molecule has 4 aromatic rings. The molecule has 3 heterocycles. The van der Waals surface area contributed by atoms with Gasteiger partial charge in [0.05, 0.1) is 19.2 Å². The number of likely N-dealkylation sites (tertiary alicyclic amines) is 1. The first-order chi connectivity index (χ1) is 16.9. The maximum atomic E-state index is 13.5. The van der Waals surface area contributed by atoms with E-state index in [1.807, 2.05) is 48.0 Å². The van der Waals surface area contributed by atoms with E-state index < -0.39 is 0 Å². The fourth-order valence-corrected chi connectivity index (χ4v) is 5.18. The van der Waals surface area contributed by atoms with E-state index in [0.717, 1.165) is 52.9 Å². The van der Waals surface area contributed by atoms with Gasteiger partial charge in [0.15, 0.2) is 5.82 Å². The number of methoxy groups -OCH3 is 1. The van der Waals surface area contributed by atoms with Gasteiger partial charge in [-0.2, -0.15) is 0 Å². The zero-order chi connectivity index (χ0) is 24.5. The zero-order valence-electron chi connectivity index (χ0n) is 20.8. The summed E-state index contributed by atoms with van der Waals surface area (Å²) in [7, 11) is 1.66. The molecule has 0 radical (unpaired) electrons. The van der Waals surface area contributed by atoms with Gasteiger partial charge in [0.25, 0.3) is 5.56 Å².